The number of rotatable bonds is 10. The summed E-state index contributed by atoms with van der Waals surface area (Å²) in [7, 11) is 0. The van der Waals surface area contributed by atoms with Gasteiger partial charge >= 0.3 is 5.97 Å². The molecular formula is C25H27BrO4. The zero-order chi connectivity index (χ0) is 21.3. The van der Waals surface area contributed by atoms with Gasteiger partial charge in [0.05, 0.1) is 10.9 Å². The Morgan fingerprint density at radius 3 is 2.40 bits per heavy atom. The topological polar surface area (TPSA) is 56.5 Å². The third kappa shape index (κ3) is 6.05. The number of ether oxygens (including phenoxy) is 1. The molecule has 2 aromatic carbocycles. The largest absolute Gasteiger partial charge is 0.463 e. The molecule has 5 heteroatoms. The van der Waals surface area contributed by atoms with E-state index < -0.39 is 0 Å². The Morgan fingerprint density at radius 2 is 1.67 bits per heavy atom. The van der Waals surface area contributed by atoms with E-state index in [1.807, 2.05) is 24.3 Å². The fourth-order valence-electron chi connectivity index (χ4n) is 3.41. The molecule has 0 bridgehead atoms. The summed E-state index contributed by atoms with van der Waals surface area (Å²) < 4.78 is 12.0. The zero-order valence-corrected chi connectivity index (χ0v) is 18.9. The number of esters is 1. The van der Waals surface area contributed by atoms with Crippen LogP contribution in [0, 0.1) is 0 Å². The zero-order valence-electron chi connectivity index (χ0n) is 17.3. The number of benzene rings is 2. The van der Waals surface area contributed by atoms with Crippen molar-refractivity contribution in [2.45, 2.75) is 58.3 Å². The minimum absolute atomic E-state index is 0.112. The van der Waals surface area contributed by atoms with E-state index in [0.717, 1.165) is 29.3 Å². The fraction of sp³-hybridized carbons (Fsp3) is 0.360. The summed E-state index contributed by atoms with van der Waals surface area (Å²) >= 11 is 3.39. The first-order chi connectivity index (χ1) is 14.6. The van der Waals surface area contributed by atoms with Crippen LogP contribution >= 0.6 is 15.9 Å². The predicted octanol–water partition coefficient (Wildman–Crippen LogP) is 7.27. The summed E-state index contributed by atoms with van der Waals surface area (Å²) in [6, 6.07) is 12.4. The molecule has 0 radical (unpaired) electrons. The van der Waals surface area contributed by atoms with Gasteiger partial charge in [-0.25, -0.2) is 0 Å². The van der Waals surface area contributed by atoms with E-state index in [0.29, 0.717) is 28.7 Å². The minimum Gasteiger partial charge on any atom is -0.463 e. The first-order valence-corrected chi connectivity index (χ1v) is 11.4. The molecule has 158 valence electrons. The number of halogens is 1. The number of fused-ring (bicyclic) bond motifs is 1. The van der Waals surface area contributed by atoms with Crippen molar-refractivity contribution < 1.29 is 13.9 Å². The monoisotopic (exact) mass is 470 g/mol. The maximum Gasteiger partial charge on any atom is 0.311 e. The highest BCUT2D eigenvalue weighted by molar-refractivity contribution is 9.10. The average Bonchev–Trinajstić information content (AvgIpc) is 2.74. The van der Waals surface area contributed by atoms with Crippen molar-refractivity contribution in [3.63, 3.8) is 0 Å². The lowest BCUT2D eigenvalue weighted by Crippen LogP contribution is -2.08. The van der Waals surface area contributed by atoms with Crippen molar-refractivity contribution >= 4 is 32.9 Å². The van der Waals surface area contributed by atoms with Crippen LogP contribution in [0.2, 0.25) is 0 Å². The van der Waals surface area contributed by atoms with Crippen molar-refractivity contribution in [2.75, 3.05) is 0 Å². The van der Waals surface area contributed by atoms with Crippen LogP contribution in [-0.4, -0.2) is 5.97 Å². The summed E-state index contributed by atoms with van der Waals surface area (Å²) in [6.45, 7) is 2.20. The van der Waals surface area contributed by atoms with Crippen LogP contribution in [0.25, 0.3) is 22.1 Å². The molecule has 0 atom stereocenters. The lowest BCUT2D eigenvalue weighted by atomic mass is 10.1. The van der Waals surface area contributed by atoms with Gasteiger partial charge in [-0.2, -0.15) is 0 Å². The van der Waals surface area contributed by atoms with E-state index in [-0.39, 0.29) is 11.4 Å². The van der Waals surface area contributed by atoms with Crippen LogP contribution in [0.5, 0.6) is 5.75 Å². The van der Waals surface area contributed by atoms with Gasteiger partial charge in [-0.05, 0) is 36.2 Å². The van der Waals surface area contributed by atoms with E-state index in [4.69, 9.17) is 9.15 Å². The molecule has 1 heterocycles. The van der Waals surface area contributed by atoms with Crippen LogP contribution < -0.4 is 10.2 Å². The van der Waals surface area contributed by atoms with Gasteiger partial charge < -0.3 is 9.15 Å². The van der Waals surface area contributed by atoms with Crippen molar-refractivity contribution in [3.05, 3.63) is 63.4 Å². The molecule has 0 unspecified atom stereocenters. The van der Waals surface area contributed by atoms with Crippen molar-refractivity contribution in [2.24, 2.45) is 0 Å². The molecule has 1 aromatic heterocycles. The highest BCUT2D eigenvalue weighted by atomic mass is 79.9. The second kappa shape index (κ2) is 11.1. The van der Waals surface area contributed by atoms with Gasteiger partial charge in [0.25, 0.3) is 0 Å². The Balaban J connectivity index is 1.60. The van der Waals surface area contributed by atoms with E-state index in [2.05, 4.69) is 22.9 Å². The second-order valence-electron chi connectivity index (χ2n) is 7.49. The van der Waals surface area contributed by atoms with Gasteiger partial charge in [-0.1, -0.05) is 73.5 Å². The normalized spacial score (nSPS) is 11.0. The first kappa shape index (κ1) is 22.3. The Hall–Kier alpha value is -2.40. The molecule has 30 heavy (non-hydrogen) atoms. The van der Waals surface area contributed by atoms with Gasteiger partial charge in [0.2, 0.25) is 0 Å². The van der Waals surface area contributed by atoms with Gasteiger partial charge in [0, 0.05) is 17.0 Å². The van der Waals surface area contributed by atoms with E-state index in [1.54, 1.807) is 18.2 Å². The van der Waals surface area contributed by atoms with E-state index >= 15 is 0 Å². The SMILES string of the molecule is CCCCCCCCCC(=O)Oc1ccc2c(=O)c(-c3ccc(Br)cc3)coc2c1. The van der Waals surface area contributed by atoms with Crippen molar-refractivity contribution in [1.82, 2.24) is 0 Å². The molecule has 0 spiro atoms. The molecule has 0 amide bonds. The molecule has 3 aromatic rings. The summed E-state index contributed by atoms with van der Waals surface area (Å²) in [4.78, 5) is 24.9. The lowest BCUT2D eigenvalue weighted by Gasteiger charge is -2.07. The third-order valence-electron chi connectivity index (χ3n) is 5.12. The van der Waals surface area contributed by atoms with Crippen LogP contribution in [0.1, 0.15) is 58.3 Å². The molecule has 0 N–H and O–H groups in total. The van der Waals surface area contributed by atoms with Gasteiger partial charge in [-0.15, -0.1) is 0 Å². The molecule has 0 fully saturated rings. The lowest BCUT2D eigenvalue weighted by molar-refractivity contribution is -0.134. The Morgan fingerprint density at radius 1 is 0.967 bits per heavy atom. The number of carbonyl (C=O) groups is 1. The summed E-state index contributed by atoms with van der Waals surface area (Å²) in [5, 5.41) is 0.460. The predicted molar refractivity (Wildman–Crippen MR) is 124 cm³/mol. The summed E-state index contributed by atoms with van der Waals surface area (Å²) in [6.07, 6.45) is 9.93. The van der Waals surface area contributed by atoms with Crippen LogP contribution in [0.3, 0.4) is 0 Å². The molecule has 4 nitrogen and oxygen atoms in total. The number of carbonyl (C=O) groups excluding carboxylic acids is 1. The molecule has 0 aliphatic carbocycles. The van der Waals surface area contributed by atoms with Gasteiger partial charge in [0.15, 0.2) is 5.43 Å². The highest BCUT2D eigenvalue weighted by Crippen LogP contribution is 2.24. The highest BCUT2D eigenvalue weighted by Gasteiger charge is 2.11. The van der Waals surface area contributed by atoms with Crippen molar-refractivity contribution in [3.8, 4) is 16.9 Å². The molecule has 0 aliphatic heterocycles. The van der Waals surface area contributed by atoms with Crippen LogP contribution in [0.15, 0.2) is 62.4 Å². The fourth-order valence-corrected chi connectivity index (χ4v) is 3.67. The standard InChI is InChI=1S/C25H27BrO4/c1-2-3-4-5-6-7-8-9-24(27)30-20-14-15-21-23(16-20)29-17-22(25(21)28)18-10-12-19(26)13-11-18/h10-17H,2-9H2,1H3. The van der Waals surface area contributed by atoms with E-state index in [9.17, 15) is 9.59 Å². The van der Waals surface area contributed by atoms with Gasteiger partial charge in [-0.3, -0.25) is 9.59 Å². The van der Waals surface area contributed by atoms with Crippen LogP contribution in [0.4, 0.5) is 0 Å². The summed E-state index contributed by atoms with van der Waals surface area (Å²) in [5.41, 5.74) is 1.58. The molecule has 0 saturated carbocycles. The second-order valence-corrected chi connectivity index (χ2v) is 8.40. The minimum atomic E-state index is -0.253. The maximum atomic E-state index is 12.8. The Bertz CT molecular complexity index is 1040. The Labute approximate surface area is 185 Å². The third-order valence-corrected chi connectivity index (χ3v) is 5.65. The molecular weight excluding hydrogens is 444 g/mol. The smallest absolute Gasteiger partial charge is 0.311 e. The number of hydrogen-bond acceptors (Lipinski definition) is 4. The summed E-state index contributed by atoms with van der Waals surface area (Å²) in [5.74, 6) is 0.145. The first-order valence-electron chi connectivity index (χ1n) is 10.6. The maximum absolute atomic E-state index is 12.8. The van der Waals surface area contributed by atoms with Gasteiger partial charge in [0.1, 0.15) is 17.6 Å². The van der Waals surface area contributed by atoms with Crippen LogP contribution in [-0.2, 0) is 4.79 Å². The Kier molecular flexibility index (Phi) is 8.26. The van der Waals surface area contributed by atoms with Crippen molar-refractivity contribution in [1.29, 1.82) is 0 Å². The quantitative estimate of drug-likeness (QED) is 0.177. The van der Waals surface area contributed by atoms with E-state index in [1.165, 1.54) is 31.9 Å². The average molecular weight is 471 g/mol. The number of hydrogen-bond donors (Lipinski definition) is 0. The molecule has 0 saturated heterocycles. The molecule has 3 rings (SSSR count). The molecule has 0 aliphatic rings. The number of unbranched alkanes of at least 4 members (excludes halogenated alkanes) is 6.